The Balaban J connectivity index is 1.89. The fourth-order valence-electron chi connectivity index (χ4n) is 3.18. The molecule has 3 heterocycles. The molecule has 94 valence electrons. The molecule has 3 rings (SSSR count). The highest BCUT2D eigenvalue weighted by atomic mass is 15.2. The van der Waals surface area contributed by atoms with E-state index in [-0.39, 0.29) is 0 Å². The first-order valence-corrected chi connectivity index (χ1v) is 6.55. The van der Waals surface area contributed by atoms with E-state index in [1.54, 1.807) is 0 Å². The molecule has 1 spiro atoms. The number of rotatable bonds is 1. The van der Waals surface area contributed by atoms with Gasteiger partial charge in [0.1, 0.15) is 11.9 Å². The number of nitriles is 1. The maximum absolute atomic E-state index is 9.29. The third-order valence-electron chi connectivity index (χ3n) is 4.32. The summed E-state index contributed by atoms with van der Waals surface area (Å²) in [6, 6.07) is 4.21. The second-order valence-electron chi connectivity index (χ2n) is 5.54. The van der Waals surface area contributed by atoms with Crippen molar-refractivity contribution < 1.29 is 0 Å². The van der Waals surface area contributed by atoms with E-state index < -0.39 is 0 Å². The summed E-state index contributed by atoms with van der Waals surface area (Å²) in [5.41, 5.74) is 2.17. The predicted octanol–water partition coefficient (Wildman–Crippen LogP) is 1.45. The molecule has 0 radical (unpaired) electrons. The minimum absolute atomic E-state index is 0.415. The zero-order valence-electron chi connectivity index (χ0n) is 10.7. The summed E-state index contributed by atoms with van der Waals surface area (Å²) in [5.74, 6) is 0.876. The van der Waals surface area contributed by atoms with E-state index >= 15 is 0 Å². The van der Waals surface area contributed by atoms with Crippen LogP contribution in [0.5, 0.6) is 0 Å². The van der Waals surface area contributed by atoms with Crippen molar-refractivity contribution in [2.24, 2.45) is 5.41 Å². The fraction of sp³-hybridized carbons (Fsp3) is 0.571. The van der Waals surface area contributed by atoms with E-state index in [1.807, 2.05) is 19.2 Å². The minimum atomic E-state index is 0.415. The monoisotopic (exact) mass is 242 g/mol. The molecule has 0 aromatic carbocycles. The summed E-state index contributed by atoms with van der Waals surface area (Å²) in [5, 5.41) is 12.7. The lowest BCUT2D eigenvalue weighted by molar-refractivity contribution is 0.369. The number of aryl methyl sites for hydroxylation is 1. The number of aromatic nitrogens is 1. The van der Waals surface area contributed by atoms with Crippen molar-refractivity contribution in [2.45, 2.75) is 19.8 Å². The molecule has 2 aliphatic heterocycles. The molecule has 1 aromatic heterocycles. The average molecular weight is 242 g/mol. The molecular formula is C14H18N4. The van der Waals surface area contributed by atoms with E-state index in [2.05, 4.69) is 21.3 Å². The highest BCUT2D eigenvalue weighted by Gasteiger charge is 2.41. The Morgan fingerprint density at radius 3 is 3.11 bits per heavy atom. The topological polar surface area (TPSA) is 52.0 Å². The number of nitrogens with zero attached hydrogens (tertiary/aromatic N) is 3. The molecule has 4 nitrogen and oxygen atoms in total. The van der Waals surface area contributed by atoms with Gasteiger partial charge in [0.15, 0.2) is 0 Å². The van der Waals surface area contributed by atoms with Crippen LogP contribution in [0.3, 0.4) is 0 Å². The van der Waals surface area contributed by atoms with Crippen molar-refractivity contribution in [3.63, 3.8) is 0 Å². The second kappa shape index (κ2) is 4.25. The van der Waals surface area contributed by atoms with Gasteiger partial charge in [0.05, 0.1) is 5.56 Å². The number of anilines is 1. The van der Waals surface area contributed by atoms with Gasteiger partial charge in [-0.3, -0.25) is 0 Å². The first-order valence-electron chi connectivity index (χ1n) is 6.55. The Morgan fingerprint density at radius 1 is 1.50 bits per heavy atom. The lowest BCUT2D eigenvalue weighted by Crippen LogP contribution is -2.30. The molecule has 4 heteroatoms. The summed E-state index contributed by atoms with van der Waals surface area (Å²) in [6.45, 7) is 6.27. The Morgan fingerprint density at radius 2 is 2.39 bits per heavy atom. The first-order chi connectivity index (χ1) is 8.74. The van der Waals surface area contributed by atoms with Gasteiger partial charge < -0.3 is 10.2 Å². The largest absolute Gasteiger partial charge is 0.355 e. The lowest BCUT2D eigenvalue weighted by Gasteiger charge is -2.24. The van der Waals surface area contributed by atoms with Gasteiger partial charge >= 0.3 is 0 Å². The van der Waals surface area contributed by atoms with Gasteiger partial charge in [-0.25, -0.2) is 4.98 Å². The molecule has 0 amide bonds. The Kier molecular flexibility index (Phi) is 2.71. The number of pyridine rings is 1. The molecule has 18 heavy (non-hydrogen) atoms. The molecule has 2 saturated heterocycles. The van der Waals surface area contributed by atoms with E-state index in [4.69, 9.17) is 0 Å². The maximum atomic E-state index is 9.29. The third-order valence-corrected chi connectivity index (χ3v) is 4.32. The van der Waals surface area contributed by atoms with Gasteiger partial charge in [0, 0.05) is 31.2 Å². The summed E-state index contributed by atoms with van der Waals surface area (Å²) in [4.78, 5) is 6.72. The van der Waals surface area contributed by atoms with Gasteiger partial charge in [-0.15, -0.1) is 0 Å². The zero-order valence-corrected chi connectivity index (χ0v) is 10.7. The standard InChI is InChI=1S/C14H18N4/c1-11-2-5-17-13(12(11)8-15)18-7-4-14(10-18)3-6-16-9-14/h2,5,16H,3-4,6-7,9-10H2,1H3. The first kappa shape index (κ1) is 11.5. The van der Waals surface area contributed by atoms with Crippen molar-refractivity contribution in [3.8, 4) is 6.07 Å². The van der Waals surface area contributed by atoms with Gasteiger partial charge in [-0.05, 0) is 37.9 Å². The molecular weight excluding hydrogens is 224 g/mol. The highest BCUT2D eigenvalue weighted by molar-refractivity contribution is 5.58. The van der Waals surface area contributed by atoms with E-state index in [1.165, 1.54) is 12.8 Å². The smallest absolute Gasteiger partial charge is 0.146 e. The van der Waals surface area contributed by atoms with Crippen LogP contribution in [0.4, 0.5) is 5.82 Å². The van der Waals surface area contributed by atoms with E-state index in [0.29, 0.717) is 5.41 Å². The van der Waals surface area contributed by atoms with Crippen molar-refractivity contribution >= 4 is 5.82 Å². The summed E-state index contributed by atoms with van der Waals surface area (Å²) >= 11 is 0. The fourth-order valence-corrected chi connectivity index (χ4v) is 3.18. The van der Waals surface area contributed by atoms with Crippen LogP contribution in [-0.4, -0.2) is 31.2 Å². The quantitative estimate of drug-likeness (QED) is 0.810. The summed E-state index contributed by atoms with van der Waals surface area (Å²) < 4.78 is 0. The van der Waals surface area contributed by atoms with Gasteiger partial charge in [-0.1, -0.05) is 0 Å². The van der Waals surface area contributed by atoms with Crippen LogP contribution in [0.25, 0.3) is 0 Å². The van der Waals surface area contributed by atoms with Crippen LogP contribution in [0.15, 0.2) is 12.3 Å². The zero-order chi connectivity index (χ0) is 12.6. The SMILES string of the molecule is Cc1ccnc(N2CCC3(CCNC3)C2)c1C#N. The van der Waals surface area contributed by atoms with Crippen LogP contribution in [0.1, 0.15) is 24.0 Å². The van der Waals surface area contributed by atoms with Crippen LogP contribution < -0.4 is 10.2 Å². The molecule has 1 aromatic rings. The van der Waals surface area contributed by atoms with E-state index in [9.17, 15) is 5.26 Å². The number of hydrogen-bond acceptors (Lipinski definition) is 4. The van der Waals surface area contributed by atoms with Crippen molar-refractivity contribution in [1.82, 2.24) is 10.3 Å². The Hall–Kier alpha value is -1.60. The van der Waals surface area contributed by atoms with Crippen molar-refractivity contribution in [3.05, 3.63) is 23.4 Å². The van der Waals surface area contributed by atoms with Crippen molar-refractivity contribution in [1.29, 1.82) is 5.26 Å². The molecule has 1 unspecified atom stereocenters. The maximum Gasteiger partial charge on any atom is 0.146 e. The molecule has 2 fully saturated rings. The average Bonchev–Trinajstić information content (AvgIpc) is 3.00. The molecule has 1 N–H and O–H groups in total. The molecule has 0 saturated carbocycles. The Labute approximate surface area is 108 Å². The van der Waals surface area contributed by atoms with Crippen LogP contribution in [0.2, 0.25) is 0 Å². The van der Waals surface area contributed by atoms with Crippen LogP contribution in [-0.2, 0) is 0 Å². The lowest BCUT2D eigenvalue weighted by atomic mass is 9.86. The van der Waals surface area contributed by atoms with Crippen molar-refractivity contribution in [2.75, 3.05) is 31.1 Å². The predicted molar refractivity (Wildman–Crippen MR) is 70.4 cm³/mol. The van der Waals surface area contributed by atoms with Gasteiger partial charge in [0.25, 0.3) is 0 Å². The molecule has 0 aliphatic carbocycles. The molecule has 2 aliphatic rings. The van der Waals surface area contributed by atoms with Gasteiger partial charge in [-0.2, -0.15) is 5.26 Å². The second-order valence-corrected chi connectivity index (χ2v) is 5.54. The normalized spacial score (nSPS) is 26.8. The Bertz CT molecular complexity index is 497. The van der Waals surface area contributed by atoms with Crippen LogP contribution >= 0.6 is 0 Å². The van der Waals surface area contributed by atoms with Gasteiger partial charge in [0.2, 0.25) is 0 Å². The third kappa shape index (κ3) is 1.75. The molecule has 1 atom stereocenters. The van der Waals surface area contributed by atoms with E-state index in [0.717, 1.165) is 43.1 Å². The summed E-state index contributed by atoms with van der Waals surface area (Å²) in [7, 11) is 0. The number of nitrogens with one attached hydrogen (secondary N) is 1. The summed E-state index contributed by atoms with van der Waals surface area (Å²) in [6.07, 6.45) is 4.26. The van der Waals surface area contributed by atoms with Crippen LogP contribution in [0, 0.1) is 23.7 Å². The highest BCUT2D eigenvalue weighted by Crippen LogP contribution is 2.38. The minimum Gasteiger partial charge on any atom is -0.355 e. The number of hydrogen-bond donors (Lipinski definition) is 1. The molecule has 0 bridgehead atoms.